The van der Waals surface area contributed by atoms with Gasteiger partial charge in [-0.25, -0.2) is 4.98 Å². The van der Waals surface area contributed by atoms with E-state index < -0.39 is 0 Å². The van der Waals surface area contributed by atoms with E-state index in [9.17, 15) is 0 Å². The van der Waals surface area contributed by atoms with Gasteiger partial charge in [-0.1, -0.05) is 0 Å². The lowest BCUT2D eigenvalue weighted by molar-refractivity contribution is 0.202. The van der Waals surface area contributed by atoms with Crippen LogP contribution >= 0.6 is 0 Å². The quantitative estimate of drug-likeness (QED) is 0.935. The normalized spacial score (nSPS) is 22.2. The Morgan fingerprint density at radius 3 is 2.76 bits per heavy atom. The molecule has 5 heteroatoms. The highest BCUT2D eigenvalue weighted by molar-refractivity contribution is 5.80. The molecule has 0 unspecified atom stereocenters. The number of nitrogens with zero attached hydrogens (tertiary/aromatic N) is 2. The fourth-order valence-electron chi connectivity index (χ4n) is 2.78. The zero-order chi connectivity index (χ0) is 14.7. The standard InChI is InChI=1S/C16H21N3O2/c1-20-15-7-6-13-16(19-15)14(8-9-18-13)21-10-11-2-4-12(17)5-3-11/h6-9,11-12H,2-5,10,17H2,1H3. The van der Waals surface area contributed by atoms with E-state index in [0.29, 0.717) is 24.4 Å². The van der Waals surface area contributed by atoms with Gasteiger partial charge in [-0.15, -0.1) is 0 Å². The number of pyridine rings is 2. The highest BCUT2D eigenvalue weighted by atomic mass is 16.5. The molecule has 0 amide bonds. The maximum atomic E-state index is 5.99. The molecule has 0 aromatic carbocycles. The second-order valence-corrected chi connectivity index (χ2v) is 5.62. The van der Waals surface area contributed by atoms with Crippen LogP contribution in [0.5, 0.6) is 11.6 Å². The molecule has 1 fully saturated rings. The molecule has 0 radical (unpaired) electrons. The molecule has 1 aliphatic carbocycles. The molecule has 0 bridgehead atoms. The van der Waals surface area contributed by atoms with E-state index in [2.05, 4.69) is 9.97 Å². The first-order valence-corrected chi connectivity index (χ1v) is 7.44. The average Bonchev–Trinajstić information content (AvgIpc) is 2.54. The summed E-state index contributed by atoms with van der Waals surface area (Å²) in [6.45, 7) is 0.713. The minimum absolute atomic E-state index is 0.369. The molecule has 1 aliphatic rings. The third-order valence-electron chi connectivity index (χ3n) is 4.10. The Labute approximate surface area is 124 Å². The van der Waals surface area contributed by atoms with Crippen molar-refractivity contribution in [3.8, 4) is 11.6 Å². The molecule has 0 atom stereocenters. The van der Waals surface area contributed by atoms with Gasteiger partial charge in [0, 0.05) is 24.4 Å². The summed E-state index contributed by atoms with van der Waals surface area (Å²) in [6, 6.07) is 5.94. The summed E-state index contributed by atoms with van der Waals surface area (Å²) in [5.74, 6) is 1.93. The van der Waals surface area contributed by atoms with Crippen LogP contribution in [0.2, 0.25) is 0 Å². The third-order valence-corrected chi connectivity index (χ3v) is 4.10. The lowest BCUT2D eigenvalue weighted by atomic mass is 9.87. The number of rotatable bonds is 4. The van der Waals surface area contributed by atoms with Gasteiger partial charge in [-0.2, -0.15) is 0 Å². The minimum Gasteiger partial charge on any atom is -0.491 e. The Morgan fingerprint density at radius 2 is 2.00 bits per heavy atom. The maximum absolute atomic E-state index is 5.99. The first-order chi connectivity index (χ1) is 10.3. The van der Waals surface area contributed by atoms with E-state index in [-0.39, 0.29) is 0 Å². The lowest BCUT2D eigenvalue weighted by Gasteiger charge is -2.26. The van der Waals surface area contributed by atoms with Gasteiger partial charge in [0.05, 0.1) is 19.2 Å². The van der Waals surface area contributed by atoms with E-state index in [4.69, 9.17) is 15.2 Å². The number of methoxy groups -OCH3 is 1. The van der Waals surface area contributed by atoms with Crippen molar-refractivity contribution in [1.29, 1.82) is 0 Å². The van der Waals surface area contributed by atoms with Crippen LogP contribution in [0.25, 0.3) is 11.0 Å². The van der Waals surface area contributed by atoms with Crippen LogP contribution in [0.15, 0.2) is 24.4 Å². The van der Waals surface area contributed by atoms with Crippen molar-refractivity contribution in [3.63, 3.8) is 0 Å². The zero-order valence-electron chi connectivity index (χ0n) is 12.3. The largest absolute Gasteiger partial charge is 0.491 e. The Morgan fingerprint density at radius 1 is 1.19 bits per heavy atom. The fourth-order valence-corrected chi connectivity index (χ4v) is 2.78. The van der Waals surface area contributed by atoms with Gasteiger partial charge in [0.1, 0.15) is 11.3 Å². The summed E-state index contributed by atoms with van der Waals surface area (Å²) in [6.07, 6.45) is 6.22. The number of aromatic nitrogens is 2. The minimum atomic E-state index is 0.369. The third kappa shape index (κ3) is 3.24. The van der Waals surface area contributed by atoms with Crippen LogP contribution in [0.4, 0.5) is 0 Å². The van der Waals surface area contributed by atoms with Crippen LogP contribution in [0.3, 0.4) is 0 Å². The van der Waals surface area contributed by atoms with Gasteiger partial charge in [-0.05, 0) is 37.7 Å². The van der Waals surface area contributed by atoms with Gasteiger partial charge in [0.2, 0.25) is 5.88 Å². The molecule has 0 spiro atoms. The molecular formula is C16H21N3O2. The second kappa shape index (κ2) is 6.26. The monoisotopic (exact) mass is 287 g/mol. The smallest absolute Gasteiger partial charge is 0.213 e. The van der Waals surface area contributed by atoms with E-state index in [1.54, 1.807) is 13.3 Å². The van der Waals surface area contributed by atoms with Gasteiger partial charge in [-0.3, -0.25) is 4.98 Å². The SMILES string of the molecule is COc1ccc2nccc(OCC3CCC(N)CC3)c2n1. The molecule has 0 saturated heterocycles. The molecule has 2 N–H and O–H groups in total. The molecule has 2 aromatic heterocycles. The van der Waals surface area contributed by atoms with Gasteiger partial charge >= 0.3 is 0 Å². The molecular weight excluding hydrogens is 266 g/mol. The molecule has 112 valence electrons. The lowest BCUT2D eigenvalue weighted by Crippen LogP contribution is -2.28. The van der Waals surface area contributed by atoms with Gasteiger partial charge < -0.3 is 15.2 Å². The fraction of sp³-hybridized carbons (Fsp3) is 0.500. The van der Waals surface area contributed by atoms with Gasteiger partial charge in [0.25, 0.3) is 0 Å². The summed E-state index contributed by atoms with van der Waals surface area (Å²) in [4.78, 5) is 8.75. The summed E-state index contributed by atoms with van der Waals surface area (Å²) in [7, 11) is 1.61. The van der Waals surface area contributed by atoms with Crippen LogP contribution in [0.1, 0.15) is 25.7 Å². The Hall–Kier alpha value is -1.88. The van der Waals surface area contributed by atoms with Crippen LogP contribution in [-0.2, 0) is 0 Å². The maximum Gasteiger partial charge on any atom is 0.213 e. The van der Waals surface area contributed by atoms with Crippen LogP contribution < -0.4 is 15.2 Å². The molecule has 1 saturated carbocycles. The highest BCUT2D eigenvalue weighted by Gasteiger charge is 2.19. The van der Waals surface area contributed by atoms with Crippen molar-refractivity contribution < 1.29 is 9.47 Å². The molecule has 5 nitrogen and oxygen atoms in total. The van der Waals surface area contributed by atoms with Crippen molar-refractivity contribution >= 4 is 11.0 Å². The van der Waals surface area contributed by atoms with Crippen LogP contribution in [-0.4, -0.2) is 29.7 Å². The molecule has 21 heavy (non-hydrogen) atoms. The van der Waals surface area contributed by atoms with E-state index in [1.165, 1.54) is 0 Å². The summed E-state index contributed by atoms with van der Waals surface area (Å²) >= 11 is 0. The van der Waals surface area contributed by atoms with Crippen LogP contribution in [0, 0.1) is 5.92 Å². The van der Waals surface area contributed by atoms with Gasteiger partial charge in [0.15, 0.2) is 0 Å². The summed E-state index contributed by atoms with van der Waals surface area (Å²) in [5.41, 5.74) is 7.51. The summed E-state index contributed by atoms with van der Waals surface area (Å²) in [5, 5.41) is 0. The average molecular weight is 287 g/mol. The number of hydrogen-bond acceptors (Lipinski definition) is 5. The molecule has 0 aliphatic heterocycles. The van der Waals surface area contributed by atoms with Crippen molar-refractivity contribution in [2.75, 3.05) is 13.7 Å². The summed E-state index contributed by atoms with van der Waals surface area (Å²) < 4.78 is 11.2. The van der Waals surface area contributed by atoms with E-state index in [0.717, 1.165) is 42.5 Å². The van der Waals surface area contributed by atoms with Crippen molar-refractivity contribution in [1.82, 2.24) is 9.97 Å². The predicted molar refractivity (Wildman–Crippen MR) is 81.5 cm³/mol. The Balaban J connectivity index is 1.74. The molecule has 2 heterocycles. The van der Waals surface area contributed by atoms with E-state index >= 15 is 0 Å². The number of hydrogen-bond donors (Lipinski definition) is 1. The topological polar surface area (TPSA) is 70.3 Å². The molecule has 2 aromatic rings. The number of nitrogens with two attached hydrogens (primary N) is 1. The van der Waals surface area contributed by atoms with Crippen molar-refractivity contribution in [3.05, 3.63) is 24.4 Å². The Kier molecular flexibility index (Phi) is 4.20. The Bertz CT molecular complexity index is 609. The zero-order valence-corrected chi connectivity index (χ0v) is 12.3. The highest BCUT2D eigenvalue weighted by Crippen LogP contribution is 2.27. The van der Waals surface area contributed by atoms with E-state index in [1.807, 2.05) is 18.2 Å². The van der Waals surface area contributed by atoms with Crippen molar-refractivity contribution in [2.45, 2.75) is 31.7 Å². The first-order valence-electron chi connectivity index (χ1n) is 7.44. The molecule has 3 rings (SSSR count). The predicted octanol–water partition coefficient (Wildman–Crippen LogP) is 2.53. The number of ether oxygens (including phenoxy) is 2. The first kappa shape index (κ1) is 14.1. The second-order valence-electron chi connectivity index (χ2n) is 5.62. The van der Waals surface area contributed by atoms with Crippen molar-refractivity contribution in [2.24, 2.45) is 11.7 Å². The number of fused-ring (bicyclic) bond motifs is 1.